The first-order chi connectivity index (χ1) is 20.6. The second kappa shape index (κ2) is 10.1. The van der Waals surface area contributed by atoms with Crippen molar-refractivity contribution in [3.8, 4) is 0 Å². The normalized spacial score (nSPS) is 36.3. The summed E-state index contributed by atoms with van der Waals surface area (Å²) in [6, 6.07) is 18.8. The monoisotopic (exact) mass is 591 g/mol. The molecule has 4 fully saturated rings. The number of piperidine rings is 1. The molecule has 2 aliphatic heterocycles. The first-order valence-corrected chi connectivity index (χ1v) is 15.4. The number of aliphatic hydroxyl groups excluding tert-OH is 1. The van der Waals surface area contributed by atoms with Gasteiger partial charge in [-0.3, -0.25) is 4.79 Å². The van der Waals surface area contributed by atoms with Gasteiger partial charge in [0.2, 0.25) is 0 Å². The van der Waals surface area contributed by atoms with Gasteiger partial charge in [0.05, 0.1) is 32.3 Å². The van der Waals surface area contributed by atoms with E-state index in [2.05, 4.69) is 36.6 Å². The van der Waals surface area contributed by atoms with Gasteiger partial charge in [-0.1, -0.05) is 67.1 Å². The number of hydrogen-bond donors (Lipinski definition) is 2. The predicted molar refractivity (Wildman–Crippen MR) is 157 cm³/mol. The van der Waals surface area contributed by atoms with Crippen LogP contribution in [0.5, 0.6) is 0 Å². The number of alkyl halides is 3. The third-order valence-corrected chi connectivity index (χ3v) is 11.2. The van der Waals surface area contributed by atoms with Crippen LogP contribution in [0.1, 0.15) is 43.2 Å². The maximum atomic E-state index is 14.3. The molecule has 0 radical (unpaired) electrons. The maximum Gasteiger partial charge on any atom is 0.421 e. The van der Waals surface area contributed by atoms with Crippen molar-refractivity contribution >= 4 is 12.0 Å². The lowest BCUT2D eigenvalue weighted by Gasteiger charge is -2.64. The number of hydrogen-bond acceptors (Lipinski definition) is 3. The molecule has 226 valence electrons. The van der Waals surface area contributed by atoms with Gasteiger partial charge < -0.3 is 19.6 Å². The van der Waals surface area contributed by atoms with E-state index in [0.717, 1.165) is 61.3 Å². The lowest BCUT2D eigenvalue weighted by Crippen LogP contribution is -2.71. The van der Waals surface area contributed by atoms with Crippen LogP contribution in [0.15, 0.2) is 89.7 Å². The standard InChI is InChI=1S/C35H37F3N2O3/c1-40(19-16-23-9-4-2-5-10-23)20-18-33-26-13-8-14-30(33)43-34(17-15-29(41)25(31(33)34)22-28(26)40)39-32(42)27(35(36,37)38)21-24-11-6-3-7-12-24/h2-7,9-12,15,17,21,26,28,30-31H,8,13-14,16,18-20,22H2,1H3,(H-,39,41,42)/p+1/t26-,28+,30-,31?,33+,34?,40?/m0/s1. The Morgan fingerprint density at radius 3 is 2.56 bits per heavy atom. The number of halogens is 3. The Hall–Kier alpha value is -3.36. The number of nitrogens with one attached hydrogen (secondary N) is 1. The molecule has 2 saturated carbocycles. The molecule has 5 aliphatic rings. The Labute approximate surface area is 250 Å². The van der Waals surface area contributed by atoms with E-state index >= 15 is 0 Å². The van der Waals surface area contributed by atoms with E-state index in [9.17, 15) is 23.1 Å². The summed E-state index contributed by atoms with van der Waals surface area (Å²) in [6.07, 6.45) is 4.16. The second-order valence-corrected chi connectivity index (χ2v) is 13.3. The number of likely N-dealkylation sites (N-methyl/N-ethyl adjacent to an activating group) is 1. The summed E-state index contributed by atoms with van der Waals surface area (Å²) in [6.45, 7) is 1.90. The van der Waals surface area contributed by atoms with Gasteiger partial charge in [-0.05, 0) is 47.8 Å². The molecule has 3 aliphatic carbocycles. The van der Waals surface area contributed by atoms with Crippen LogP contribution in [0.3, 0.4) is 0 Å². The summed E-state index contributed by atoms with van der Waals surface area (Å²) in [7, 11) is 2.33. The van der Waals surface area contributed by atoms with Crippen molar-refractivity contribution in [2.75, 3.05) is 20.1 Å². The van der Waals surface area contributed by atoms with Crippen molar-refractivity contribution in [2.24, 2.45) is 17.3 Å². The number of likely N-dealkylation sites (tertiary alicyclic amines) is 1. The number of allylic oxidation sites excluding steroid dienone is 1. The summed E-state index contributed by atoms with van der Waals surface area (Å²) in [4.78, 5) is 13.6. The average molecular weight is 592 g/mol. The van der Waals surface area contributed by atoms with Gasteiger partial charge >= 0.3 is 6.18 Å². The van der Waals surface area contributed by atoms with Gasteiger partial charge in [-0.2, -0.15) is 13.2 Å². The topological polar surface area (TPSA) is 58.6 Å². The van der Waals surface area contributed by atoms with Crippen molar-refractivity contribution < 1.29 is 32.3 Å². The Kier molecular flexibility index (Phi) is 6.67. The molecule has 2 heterocycles. The number of rotatable bonds is 6. The molecule has 2 bridgehead atoms. The minimum Gasteiger partial charge on any atom is -0.508 e. The molecule has 7 rings (SSSR count). The molecule has 2 aromatic carbocycles. The average Bonchev–Trinajstić information content (AvgIpc) is 3.27. The molecule has 1 spiro atoms. The summed E-state index contributed by atoms with van der Waals surface area (Å²) in [5.41, 5.74) is -0.651. The van der Waals surface area contributed by atoms with Crippen LogP contribution in [-0.2, 0) is 16.0 Å². The number of nitrogens with zero attached hydrogens (tertiary/aromatic N) is 1. The van der Waals surface area contributed by atoms with E-state index in [1.165, 1.54) is 23.8 Å². The van der Waals surface area contributed by atoms with Crippen molar-refractivity contribution in [3.63, 3.8) is 0 Å². The molecule has 2 aromatic rings. The van der Waals surface area contributed by atoms with E-state index in [4.69, 9.17) is 4.74 Å². The highest BCUT2D eigenvalue weighted by Crippen LogP contribution is 2.70. The summed E-state index contributed by atoms with van der Waals surface area (Å²) >= 11 is 0. The van der Waals surface area contributed by atoms with Crippen molar-refractivity contribution in [1.82, 2.24) is 5.32 Å². The third kappa shape index (κ3) is 4.48. The van der Waals surface area contributed by atoms with Crippen molar-refractivity contribution in [2.45, 2.75) is 62.6 Å². The lowest BCUT2D eigenvalue weighted by atomic mass is 9.46. The molecule has 2 N–H and O–H groups in total. The van der Waals surface area contributed by atoms with Gasteiger partial charge in [0, 0.05) is 36.5 Å². The van der Waals surface area contributed by atoms with Crippen LogP contribution in [0.2, 0.25) is 0 Å². The minimum absolute atomic E-state index is 0.167. The lowest BCUT2D eigenvalue weighted by molar-refractivity contribution is -0.946. The fourth-order valence-electron chi connectivity index (χ4n) is 9.33. The fraction of sp³-hybridized carbons (Fsp3) is 0.457. The largest absolute Gasteiger partial charge is 0.508 e. The Morgan fingerprint density at radius 2 is 1.84 bits per heavy atom. The smallest absolute Gasteiger partial charge is 0.421 e. The molecular formula is C35H38F3N2O3+. The second-order valence-electron chi connectivity index (χ2n) is 13.3. The molecule has 1 amide bonds. The first-order valence-electron chi connectivity index (χ1n) is 15.4. The summed E-state index contributed by atoms with van der Waals surface area (Å²) in [5.74, 6) is -1.17. The van der Waals surface area contributed by atoms with E-state index in [-0.39, 0.29) is 29.2 Å². The van der Waals surface area contributed by atoms with Crippen LogP contribution in [0, 0.1) is 17.3 Å². The van der Waals surface area contributed by atoms with Crippen molar-refractivity contribution in [1.29, 1.82) is 0 Å². The van der Waals surface area contributed by atoms with Crippen LogP contribution in [0.25, 0.3) is 6.08 Å². The van der Waals surface area contributed by atoms with E-state index in [1.807, 2.05) is 6.07 Å². The van der Waals surface area contributed by atoms with Crippen LogP contribution in [-0.4, -0.2) is 59.7 Å². The number of amides is 1. The quantitative estimate of drug-likeness (QED) is 0.298. The van der Waals surface area contributed by atoms with E-state index in [0.29, 0.717) is 12.0 Å². The Balaban J connectivity index is 1.24. The van der Waals surface area contributed by atoms with Crippen molar-refractivity contribution in [3.05, 3.63) is 101 Å². The summed E-state index contributed by atoms with van der Waals surface area (Å²) < 4.78 is 50.6. The molecule has 3 unspecified atom stereocenters. The third-order valence-electron chi connectivity index (χ3n) is 11.2. The molecule has 7 atom stereocenters. The van der Waals surface area contributed by atoms with Crippen LogP contribution in [0.4, 0.5) is 13.2 Å². The highest BCUT2D eigenvalue weighted by molar-refractivity contribution is 5.99. The van der Waals surface area contributed by atoms with Gasteiger partial charge in [-0.25, -0.2) is 0 Å². The predicted octanol–water partition coefficient (Wildman–Crippen LogP) is 6.49. The molecular weight excluding hydrogens is 553 g/mol. The Bertz CT molecular complexity index is 1500. The maximum absolute atomic E-state index is 14.3. The van der Waals surface area contributed by atoms with Gasteiger partial charge in [0.25, 0.3) is 5.91 Å². The first kappa shape index (κ1) is 28.4. The highest BCUT2D eigenvalue weighted by Gasteiger charge is 2.75. The number of quaternary nitrogens is 1. The fourth-order valence-corrected chi connectivity index (χ4v) is 9.33. The zero-order valence-electron chi connectivity index (χ0n) is 24.3. The number of ether oxygens (including phenoxy) is 1. The number of carbonyl (C=O) groups is 1. The zero-order valence-corrected chi connectivity index (χ0v) is 24.3. The van der Waals surface area contributed by atoms with Gasteiger partial charge in [-0.15, -0.1) is 0 Å². The van der Waals surface area contributed by atoms with Gasteiger partial charge in [0.15, 0.2) is 5.72 Å². The number of aliphatic hydroxyl groups is 1. The van der Waals surface area contributed by atoms with Crippen LogP contribution >= 0.6 is 0 Å². The zero-order chi connectivity index (χ0) is 30.0. The summed E-state index contributed by atoms with van der Waals surface area (Å²) in [5, 5.41) is 14.0. The molecule has 8 heteroatoms. The molecule has 0 aromatic heterocycles. The SMILES string of the molecule is C[N+]1(CCc2ccccc2)CC[C@]23C4C5=C(O)C=CC4(NC(=O)C(=Cc4ccccc4)C(F)(F)F)O[C@H]2CCC[C@H]3[C@H]1C5. The minimum atomic E-state index is -4.86. The van der Waals surface area contributed by atoms with Crippen LogP contribution < -0.4 is 5.32 Å². The molecule has 43 heavy (non-hydrogen) atoms. The molecule has 5 nitrogen and oxygen atoms in total. The Morgan fingerprint density at radius 1 is 1.12 bits per heavy atom. The number of carbonyl (C=O) groups excluding carboxylic acids is 1. The molecule has 2 saturated heterocycles. The number of benzene rings is 2. The highest BCUT2D eigenvalue weighted by atomic mass is 19.4. The van der Waals surface area contributed by atoms with E-state index < -0.39 is 29.3 Å². The van der Waals surface area contributed by atoms with Gasteiger partial charge in [0.1, 0.15) is 11.3 Å². The van der Waals surface area contributed by atoms with E-state index in [1.54, 1.807) is 24.3 Å².